The molecule has 8 heteroatoms. The number of carbonyl (C=O) groups is 1. The molecule has 37 heavy (non-hydrogen) atoms. The third kappa shape index (κ3) is 4.70. The van der Waals surface area contributed by atoms with Gasteiger partial charge in [0.15, 0.2) is 0 Å². The van der Waals surface area contributed by atoms with E-state index in [1.165, 1.54) is 29.7 Å². The van der Waals surface area contributed by atoms with Crippen LogP contribution in [0.15, 0.2) is 48.7 Å². The number of halogens is 3. The van der Waals surface area contributed by atoms with Crippen LogP contribution < -0.4 is 4.74 Å². The summed E-state index contributed by atoms with van der Waals surface area (Å²) in [6.45, 7) is 4.28. The second-order valence-electron chi connectivity index (χ2n) is 10.4. The largest absolute Gasteiger partial charge is 0.483 e. The SMILES string of the molecule is CC(F)(F)c1ccccc1C1OC(C)(C)c2cc(F)c(COc3cc4c(cn3)C3CC3C4)cc21.O=CO. The van der Waals surface area contributed by atoms with Crippen molar-refractivity contribution >= 4 is 6.47 Å². The van der Waals surface area contributed by atoms with Crippen molar-refractivity contribution in [2.24, 2.45) is 5.92 Å². The quantitative estimate of drug-likeness (QED) is 0.390. The van der Waals surface area contributed by atoms with Gasteiger partial charge in [0.25, 0.3) is 12.4 Å². The van der Waals surface area contributed by atoms with Crippen molar-refractivity contribution < 1.29 is 32.5 Å². The molecule has 2 aliphatic carbocycles. The van der Waals surface area contributed by atoms with E-state index in [1.807, 2.05) is 26.1 Å². The van der Waals surface area contributed by atoms with E-state index in [0.29, 0.717) is 34.1 Å². The number of pyridine rings is 1. The lowest BCUT2D eigenvalue weighted by Gasteiger charge is -2.23. The Balaban J connectivity index is 0.000000892. The number of nitrogens with zero attached hydrogens (tertiary/aromatic N) is 1. The van der Waals surface area contributed by atoms with Crippen LogP contribution in [0.2, 0.25) is 0 Å². The topological polar surface area (TPSA) is 68.7 Å². The summed E-state index contributed by atoms with van der Waals surface area (Å²) in [5.41, 5.74) is 3.74. The number of alkyl halides is 2. The van der Waals surface area contributed by atoms with Gasteiger partial charge in [-0.05, 0) is 78.5 Å². The number of ether oxygens (including phenoxy) is 2. The molecule has 0 bridgehead atoms. The van der Waals surface area contributed by atoms with E-state index in [0.717, 1.165) is 19.3 Å². The zero-order valence-electron chi connectivity index (χ0n) is 20.8. The van der Waals surface area contributed by atoms with Crippen molar-refractivity contribution in [3.05, 3.63) is 93.4 Å². The van der Waals surface area contributed by atoms with Crippen LogP contribution in [0.5, 0.6) is 5.88 Å². The molecule has 5 nitrogen and oxygen atoms in total. The molecule has 0 spiro atoms. The second kappa shape index (κ2) is 9.17. The van der Waals surface area contributed by atoms with Crippen LogP contribution >= 0.6 is 0 Å². The molecule has 1 N–H and O–H groups in total. The third-order valence-electron chi connectivity index (χ3n) is 7.46. The molecule has 1 saturated carbocycles. The molecule has 3 atom stereocenters. The van der Waals surface area contributed by atoms with Gasteiger partial charge in [0.1, 0.15) is 18.5 Å². The van der Waals surface area contributed by atoms with Gasteiger partial charge in [-0.25, -0.2) is 18.2 Å². The Morgan fingerprint density at radius 1 is 1.19 bits per heavy atom. The molecule has 2 heterocycles. The molecule has 3 aliphatic rings. The molecular formula is C29H28F3NO4. The lowest BCUT2D eigenvalue weighted by atomic mass is 9.89. The van der Waals surface area contributed by atoms with Crippen LogP contribution in [0.3, 0.4) is 0 Å². The van der Waals surface area contributed by atoms with Crippen molar-refractivity contribution in [2.45, 2.75) is 63.8 Å². The van der Waals surface area contributed by atoms with Gasteiger partial charge in [-0.2, -0.15) is 0 Å². The van der Waals surface area contributed by atoms with E-state index in [2.05, 4.69) is 4.98 Å². The number of aromatic nitrogens is 1. The maximum absolute atomic E-state index is 15.1. The first kappa shape index (κ1) is 25.3. The van der Waals surface area contributed by atoms with Crippen LogP contribution in [-0.4, -0.2) is 16.6 Å². The second-order valence-corrected chi connectivity index (χ2v) is 10.4. The molecule has 1 aliphatic heterocycles. The van der Waals surface area contributed by atoms with Crippen molar-refractivity contribution in [3.63, 3.8) is 0 Å². The Kier molecular flexibility index (Phi) is 6.26. The number of hydrogen-bond donors (Lipinski definition) is 1. The van der Waals surface area contributed by atoms with E-state index < -0.39 is 23.4 Å². The number of carboxylic acid groups (broad SMARTS) is 1. The van der Waals surface area contributed by atoms with E-state index in [9.17, 15) is 8.78 Å². The van der Waals surface area contributed by atoms with Gasteiger partial charge in [-0.3, -0.25) is 4.79 Å². The number of rotatable bonds is 5. The fourth-order valence-electron chi connectivity index (χ4n) is 5.63. The van der Waals surface area contributed by atoms with Gasteiger partial charge in [-0.15, -0.1) is 0 Å². The smallest absolute Gasteiger partial charge is 0.290 e. The van der Waals surface area contributed by atoms with E-state index in [4.69, 9.17) is 19.4 Å². The fourth-order valence-corrected chi connectivity index (χ4v) is 5.63. The monoisotopic (exact) mass is 511 g/mol. The highest BCUT2D eigenvalue weighted by atomic mass is 19.3. The number of hydrogen-bond acceptors (Lipinski definition) is 4. The average molecular weight is 512 g/mol. The minimum Gasteiger partial charge on any atom is -0.483 e. The first-order valence-electron chi connectivity index (χ1n) is 12.2. The lowest BCUT2D eigenvalue weighted by molar-refractivity contribution is -0.122. The Labute approximate surface area is 213 Å². The minimum absolute atomic E-state index is 0.00348. The zero-order chi connectivity index (χ0) is 26.5. The lowest BCUT2D eigenvalue weighted by Crippen LogP contribution is -2.18. The summed E-state index contributed by atoms with van der Waals surface area (Å²) in [5.74, 6) is -1.56. The molecule has 1 fully saturated rings. The van der Waals surface area contributed by atoms with Gasteiger partial charge < -0.3 is 14.6 Å². The van der Waals surface area contributed by atoms with Crippen molar-refractivity contribution in [3.8, 4) is 5.88 Å². The molecule has 194 valence electrons. The van der Waals surface area contributed by atoms with Crippen LogP contribution in [0.4, 0.5) is 13.2 Å². The molecule has 3 aromatic rings. The first-order valence-corrected chi connectivity index (χ1v) is 12.2. The van der Waals surface area contributed by atoms with Gasteiger partial charge in [0, 0.05) is 30.3 Å². The van der Waals surface area contributed by atoms with Crippen LogP contribution in [-0.2, 0) is 34.1 Å². The van der Waals surface area contributed by atoms with Gasteiger partial charge in [-0.1, -0.05) is 24.3 Å². The standard InChI is InChI=1S/C28H26F3NO2.CH2O2/c1-27(2)23-12-24(29)17(14-33-25-11-16-8-15-9-19(15)21(16)13-32-25)10-20(23)26(34-27)18-6-4-5-7-22(18)28(3,30)31;2-1-3/h4-7,10-13,15,19,26H,8-9,14H2,1-3H3;1H,(H,2,3). The molecular weight excluding hydrogens is 483 g/mol. The van der Waals surface area contributed by atoms with Crippen LogP contribution in [0.1, 0.15) is 78.2 Å². The van der Waals surface area contributed by atoms with E-state index >= 15 is 4.39 Å². The molecule has 6 rings (SSSR count). The molecule has 0 radical (unpaired) electrons. The van der Waals surface area contributed by atoms with Gasteiger partial charge in [0.2, 0.25) is 5.88 Å². The van der Waals surface area contributed by atoms with E-state index in [-0.39, 0.29) is 18.6 Å². The summed E-state index contributed by atoms with van der Waals surface area (Å²) in [4.78, 5) is 12.8. The Bertz CT molecular complexity index is 1350. The van der Waals surface area contributed by atoms with Gasteiger partial charge in [0.05, 0.1) is 5.60 Å². The summed E-state index contributed by atoms with van der Waals surface area (Å²) in [7, 11) is 0. The predicted molar refractivity (Wildman–Crippen MR) is 130 cm³/mol. The fraction of sp³-hybridized carbons (Fsp3) is 0.379. The third-order valence-corrected chi connectivity index (χ3v) is 7.46. The maximum Gasteiger partial charge on any atom is 0.290 e. The highest BCUT2D eigenvalue weighted by Crippen LogP contribution is 2.56. The first-order chi connectivity index (χ1) is 17.5. The summed E-state index contributed by atoms with van der Waals surface area (Å²) in [6, 6.07) is 11.5. The Morgan fingerprint density at radius 2 is 1.92 bits per heavy atom. The molecule has 2 aromatic carbocycles. The van der Waals surface area contributed by atoms with Crippen molar-refractivity contribution in [1.29, 1.82) is 0 Å². The predicted octanol–water partition coefficient (Wildman–Crippen LogP) is 6.63. The zero-order valence-corrected chi connectivity index (χ0v) is 20.8. The summed E-state index contributed by atoms with van der Waals surface area (Å²) < 4.78 is 55.9. The summed E-state index contributed by atoms with van der Waals surface area (Å²) in [6.07, 6.45) is 3.47. The van der Waals surface area contributed by atoms with Crippen LogP contribution in [0, 0.1) is 11.7 Å². The summed E-state index contributed by atoms with van der Waals surface area (Å²) in [5, 5.41) is 6.89. The van der Waals surface area contributed by atoms with E-state index in [1.54, 1.807) is 24.3 Å². The number of benzene rings is 2. The van der Waals surface area contributed by atoms with Crippen molar-refractivity contribution in [1.82, 2.24) is 4.98 Å². The highest BCUT2D eigenvalue weighted by Gasteiger charge is 2.45. The molecule has 3 unspecified atom stereocenters. The summed E-state index contributed by atoms with van der Waals surface area (Å²) >= 11 is 0. The normalized spacial score (nSPS) is 22.3. The molecule has 0 saturated heterocycles. The maximum atomic E-state index is 15.1. The molecule has 0 amide bonds. The minimum atomic E-state index is -3.03. The Morgan fingerprint density at radius 3 is 2.65 bits per heavy atom. The van der Waals surface area contributed by atoms with Gasteiger partial charge >= 0.3 is 0 Å². The Hall–Kier alpha value is -3.39. The van der Waals surface area contributed by atoms with Crippen molar-refractivity contribution in [2.75, 3.05) is 0 Å². The number of fused-ring (bicyclic) bond motifs is 4. The molecule has 1 aromatic heterocycles. The highest BCUT2D eigenvalue weighted by molar-refractivity contribution is 5.48. The average Bonchev–Trinajstić information content (AvgIpc) is 3.44. The van der Waals surface area contributed by atoms with Crippen LogP contribution in [0.25, 0.3) is 0 Å².